The van der Waals surface area contributed by atoms with Crippen LogP contribution in [0.4, 0.5) is 11.6 Å². The molecular formula is C13H25N5O. The van der Waals surface area contributed by atoms with Crippen molar-refractivity contribution < 1.29 is 5.11 Å². The van der Waals surface area contributed by atoms with E-state index in [1.54, 1.807) is 6.07 Å². The Kier molecular flexibility index (Phi) is 5.98. The molecule has 0 saturated carbocycles. The van der Waals surface area contributed by atoms with Crippen LogP contribution in [0.25, 0.3) is 0 Å². The van der Waals surface area contributed by atoms with Crippen molar-refractivity contribution in [1.82, 2.24) is 9.97 Å². The highest BCUT2D eigenvalue weighted by Gasteiger charge is 2.21. The van der Waals surface area contributed by atoms with Gasteiger partial charge in [-0.3, -0.25) is 0 Å². The van der Waals surface area contributed by atoms with E-state index in [1.807, 2.05) is 13.8 Å². The van der Waals surface area contributed by atoms with E-state index in [1.165, 1.54) is 0 Å². The molecule has 1 aromatic rings. The van der Waals surface area contributed by atoms with Crippen LogP contribution in [0.5, 0.6) is 0 Å². The number of hydrogen-bond acceptors (Lipinski definition) is 6. The van der Waals surface area contributed by atoms with Crippen molar-refractivity contribution in [2.24, 2.45) is 5.84 Å². The van der Waals surface area contributed by atoms with Gasteiger partial charge in [-0.25, -0.2) is 15.8 Å². The maximum Gasteiger partial charge on any atom is 0.145 e. The predicted molar refractivity (Wildman–Crippen MR) is 77.9 cm³/mol. The third-order valence-electron chi connectivity index (χ3n) is 3.31. The summed E-state index contributed by atoms with van der Waals surface area (Å²) in [6, 6.07) is 1.74. The first-order valence-electron chi connectivity index (χ1n) is 6.87. The predicted octanol–water partition coefficient (Wildman–Crippen LogP) is 1.68. The van der Waals surface area contributed by atoms with Gasteiger partial charge in [-0.05, 0) is 19.3 Å². The number of aryl methyl sites for hydroxylation is 1. The maximum absolute atomic E-state index is 10.2. The Balaban J connectivity index is 2.79. The molecule has 6 heteroatoms. The van der Waals surface area contributed by atoms with E-state index in [9.17, 15) is 5.11 Å². The Hall–Kier alpha value is -1.40. The molecule has 0 amide bonds. The Morgan fingerprint density at radius 1 is 1.21 bits per heavy atom. The zero-order chi connectivity index (χ0) is 14.3. The second kappa shape index (κ2) is 7.25. The van der Waals surface area contributed by atoms with Gasteiger partial charge in [-0.15, -0.1) is 0 Å². The van der Waals surface area contributed by atoms with E-state index in [4.69, 9.17) is 5.84 Å². The molecular weight excluding hydrogens is 242 g/mol. The van der Waals surface area contributed by atoms with Crippen LogP contribution in [-0.4, -0.2) is 27.2 Å². The van der Waals surface area contributed by atoms with Gasteiger partial charge < -0.3 is 15.8 Å². The van der Waals surface area contributed by atoms with E-state index in [2.05, 4.69) is 27.6 Å². The fraction of sp³-hybridized carbons (Fsp3) is 0.692. The molecule has 6 nitrogen and oxygen atoms in total. The van der Waals surface area contributed by atoms with Gasteiger partial charge in [0.05, 0.1) is 5.60 Å². The van der Waals surface area contributed by atoms with Crippen molar-refractivity contribution in [2.45, 2.75) is 52.1 Å². The molecule has 0 atom stereocenters. The normalized spacial score (nSPS) is 11.4. The summed E-state index contributed by atoms with van der Waals surface area (Å²) in [5.74, 6) is 7.42. The van der Waals surface area contributed by atoms with Crippen molar-refractivity contribution >= 4 is 11.6 Å². The van der Waals surface area contributed by atoms with E-state index >= 15 is 0 Å². The number of anilines is 2. The highest BCUT2D eigenvalue weighted by Crippen LogP contribution is 2.17. The summed E-state index contributed by atoms with van der Waals surface area (Å²) in [7, 11) is 0. The molecule has 0 saturated heterocycles. The summed E-state index contributed by atoms with van der Waals surface area (Å²) < 4.78 is 0. The fourth-order valence-electron chi connectivity index (χ4n) is 1.75. The van der Waals surface area contributed by atoms with E-state index < -0.39 is 5.60 Å². The molecule has 0 aliphatic heterocycles. The molecule has 0 unspecified atom stereocenters. The van der Waals surface area contributed by atoms with Crippen LogP contribution in [-0.2, 0) is 6.42 Å². The summed E-state index contributed by atoms with van der Waals surface area (Å²) >= 11 is 0. The fourth-order valence-corrected chi connectivity index (χ4v) is 1.75. The molecule has 0 aromatic carbocycles. The van der Waals surface area contributed by atoms with Gasteiger partial charge in [0.2, 0.25) is 0 Å². The number of hydrogen-bond donors (Lipinski definition) is 4. The first-order valence-corrected chi connectivity index (χ1v) is 6.87. The second-order valence-electron chi connectivity index (χ2n) is 4.73. The summed E-state index contributed by atoms with van der Waals surface area (Å²) in [5, 5.41) is 13.4. The standard InChI is InChI=1S/C13H25N5O/c1-4-7-10-16-11(8-12(17-10)18-14)15-9-13(19,5-2)6-3/h8,19H,4-7,9,14H2,1-3H3,(H2,15,16,17,18). The number of aliphatic hydroxyl groups is 1. The molecule has 0 aliphatic rings. The van der Waals surface area contributed by atoms with Gasteiger partial charge in [0, 0.05) is 19.0 Å². The van der Waals surface area contributed by atoms with Crippen molar-refractivity contribution in [1.29, 1.82) is 0 Å². The van der Waals surface area contributed by atoms with Crippen LogP contribution in [0.2, 0.25) is 0 Å². The maximum atomic E-state index is 10.2. The number of nitrogens with one attached hydrogen (secondary N) is 2. The van der Waals surface area contributed by atoms with Gasteiger partial charge >= 0.3 is 0 Å². The Bertz CT molecular complexity index is 393. The van der Waals surface area contributed by atoms with E-state index in [0.29, 0.717) is 31.0 Å². The summed E-state index contributed by atoms with van der Waals surface area (Å²) in [5.41, 5.74) is 1.84. The average molecular weight is 267 g/mol. The SMILES string of the molecule is CCCc1nc(NN)cc(NCC(O)(CC)CC)n1. The highest BCUT2D eigenvalue weighted by atomic mass is 16.3. The Morgan fingerprint density at radius 2 is 1.84 bits per heavy atom. The monoisotopic (exact) mass is 267 g/mol. The molecule has 0 bridgehead atoms. The number of hydrazine groups is 1. The first kappa shape index (κ1) is 15.7. The molecule has 1 aromatic heterocycles. The third-order valence-corrected chi connectivity index (χ3v) is 3.31. The molecule has 0 radical (unpaired) electrons. The lowest BCUT2D eigenvalue weighted by Gasteiger charge is -2.25. The van der Waals surface area contributed by atoms with Gasteiger partial charge in [0.25, 0.3) is 0 Å². The highest BCUT2D eigenvalue weighted by molar-refractivity contribution is 5.47. The van der Waals surface area contributed by atoms with Crippen LogP contribution in [0.15, 0.2) is 6.07 Å². The molecule has 0 spiro atoms. The van der Waals surface area contributed by atoms with Crippen LogP contribution in [0.1, 0.15) is 45.9 Å². The molecule has 5 N–H and O–H groups in total. The Morgan fingerprint density at radius 3 is 2.37 bits per heavy atom. The number of rotatable bonds is 8. The first-order chi connectivity index (χ1) is 9.06. The summed E-state index contributed by atoms with van der Waals surface area (Å²) in [6.45, 7) is 6.49. The number of nitrogen functional groups attached to an aromatic ring is 1. The second-order valence-corrected chi connectivity index (χ2v) is 4.73. The van der Waals surface area contributed by atoms with Crippen LogP contribution in [0.3, 0.4) is 0 Å². The van der Waals surface area contributed by atoms with Gasteiger partial charge in [-0.2, -0.15) is 0 Å². The lowest BCUT2D eigenvalue weighted by molar-refractivity contribution is 0.0456. The molecule has 108 valence electrons. The van der Waals surface area contributed by atoms with E-state index in [-0.39, 0.29) is 0 Å². The van der Waals surface area contributed by atoms with Gasteiger partial charge in [0.1, 0.15) is 17.5 Å². The lowest BCUT2D eigenvalue weighted by Crippen LogP contribution is -2.35. The minimum absolute atomic E-state index is 0.465. The molecule has 1 heterocycles. The summed E-state index contributed by atoms with van der Waals surface area (Å²) in [6.07, 6.45) is 3.17. The van der Waals surface area contributed by atoms with Gasteiger partial charge in [-0.1, -0.05) is 20.8 Å². The summed E-state index contributed by atoms with van der Waals surface area (Å²) in [4.78, 5) is 8.69. The quantitative estimate of drug-likeness (QED) is 0.423. The lowest BCUT2D eigenvalue weighted by atomic mass is 9.98. The van der Waals surface area contributed by atoms with Crippen molar-refractivity contribution in [3.8, 4) is 0 Å². The number of nitrogens with two attached hydrogens (primary N) is 1. The zero-order valence-electron chi connectivity index (χ0n) is 12.0. The van der Waals surface area contributed by atoms with Gasteiger partial charge in [0.15, 0.2) is 0 Å². The average Bonchev–Trinajstić information content (AvgIpc) is 2.45. The topological polar surface area (TPSA) is 96.1 Å². The minimum atomic E-state index is -0.702. The van der Waals surface area contributed by atoms with Crippen molar-refractivity contribution in [3.05, 3.63) is 11.9 Å². The number of nitrogens with zero attached hydrogens (tertiary/aromatic N) is 2. The van der Waals surface area contributed by atoms with E-state index in [0.717, 1.165) is 18.7 Å². The van der Waals surface area contributed by atoms with Crippen molar-refractivity contribution in [2.75, 3.05) is 17.3 Å². The number of aromatic nitrogens is 2. The van der Waals surface area contributed by atoms with Crippen LogP contribution < -0.4 is 16.6 Å². The van der Waals surface area contributed by atoms with Crippen LogP contribution in [0, 0.1) is 0 Å². The molecule has 0 aliphatic carbocycles. The Labute approximate surface area is 114 Å². The largest absolute Gasteiger partial charge is 0.388 e. The zero-order valence-corrected chi connectivity index (χ0v) is 12.0. The third kappa shape index (κ3) is 4.65. The van der Waals surface area contributed by atoms with Crippen LogP contribution >= 0.6 is 0 Å². The molecule has 19 heavy (non-hydrogen) atoms. The minimum Gasteiger partial charge on any atom is -0.388 e. The molecule has 0 fully saturated rings. The molecule has 1 rings (SSSR count). The van der Waals surface area contributed by atoms with Crippen molar-refractivity contribution in [3.63, 3.8) is 0 Å². The smallest absolute Gasteiger partial charge is 0.145 e.